The number of para-hydroxylation sites is 1. The predicted molar refractivity (Wildman–Crippen MR) is 109 cm³/mol. The number of hydrogen-bond donors (Lipinski definition) is 0. The molecule has 0 aromatic heterocycles. The average molecular weight is 404 g/mol. The first-order valence-corrected chi connectivity index (χ1v) is 9.51. The number of thioether (sulfide) groups is 1. The highest BCUT2D eigenvalue weighted by atomic mass is 32.2. The van der Waals surface area contributed by atoms with E-state index in [2.05, 4.69) is 0 Å². The van der Waals surface area contributed by atoms with E-state index in [1.54, 1.807) is 25.3 Å². The van der Waals surface area contributed by atoms with Crippen molar-refractivity contribution in [2.75, 3.05) is 20.3 Å². The molecule has 0 spiro atoms. The fourth-order valence-electron chi connectivity index (χ4n) is 2.54. The molecule has 1 saturated heterocycles. The summed E-state index contributed by atoms with van der Waals surface area (Å²) < 4.78 is 24.7. The number of amides is 1. The van der Waals surface area contributed by atoms with Gasteiger partial charge in [0.25, 0.3) is 5.91 Å². The monoisotopic (exact) mass is 403 g/mol. The summed E-state index contributed by atoms with van der Waals surface area (Å²) in [5.41, 5.74) is 1.50. The Labute approximate surface area is 167 Å². The van der Waals surface area contributed by atoms with Gasteiger partial charge in [-0.1, -0.05) is 54.3 Å². The molecule has 2 aromatic rings. The number of carbonyl (C=O) groups is 1. The number of hydrogen-bond acceptors (Lipinski definition) is 5. The zero-order chi connectivity index (χ0) is 19.2. The lowest BCUT2D eigenvalue weighted by Gasteiger charge is -2.13. The number of benzene rings is 2. The smallest absolute Gasteiger partial charge is 0.266 e. The fraction of sp³-hybridized carbons (Fsp3) is 0.200. The van der Waals surface area contributed by atoms with Crippen LogP contribution in [0.4, 0.5) is 4.39 Å². The molecule has 1 aliphatic heterocycles. The van der Waals surface area contributed by atoms with Gasteiger partial charge in [-0.05, 0) is 29.8 Å². The molecule has 0 aliphatic carbocycles. The van der Waals surface area contributed by atoms with Gasteiger partial charge in [0, 0.05) is 12.7 Å². The number of halogens is 1. The molecule has 27 heavy (non-hydrogen) atoms. The van der Waals surface area contributed by atoms with E-state index in [0.29, 0.717) is 28.1 Å². The lowest BCUT2D eigenvalue weighted by molar-refractivity contribution is -0.122. The molecule has 0 saturated carbocycles. The van der Waals surface area contributed by atoms with Gasteiger partial charge in [0.15, 0.2) is 0 Å². The zero-order valence-electron chi connectivity index (χ0n) is 14.7. The van der Waals surface area contributed by atoms with Crippen LogP contribution < -0.4 is 4.74 Å². The maximum atomic E-state index is 13.3. The molecule has 3 rings (SSSR count). The first-order chi connectivity index (χ1) is 13.1. The highest BCUT2D eigenvalue weighted by Gasteiger charge is 2.31. The van der Waals surface area contributed by atoms with Crippen LogP contribution in [0.2, 0.25) is 0 Å². The summed E-state index contributed by atoms with van der Waals surface area (Å²) in [7, 11) is 1.58. The Hall–Kier alpha value is -2.22. The molecular formula is C20H18FNO3S2. The van der Waals surface area contributed by atoms with Crippen molar-refractivity contribution in [2.45, 2.75) is 6.61 Å². The lowest BCUT2D eigenvalue weighted by Crippen LogP contribution is -2.31. The summed E-state index contributed by atoms with van der Waals surface area (Å²) in [4.78, 5) is 14.6. The molecular weight excluding hydrogens is 385 g/mol. The summed E-state index contributed by atoms with van der Waals surface area (Å²) in [5, 5.41) is 0. The van der Waals surface area contributed by atoms with E-state index in [0.717, 1.165) is 11.1 Å². The van der Waals surface area contributed by atoms with Crippen molar-refractivity contribution < 1.29 is 18.7 Å². The number of carbonyl (C=O) groups excluding carboxylic acids is 1. The van der Waals surface area contributed by atoms with E-state index in [-0.39, 0.29) is 18.3 Å². The van der Waals surface area contributed by atoms with Crippen molar-refractivity contribution in [2.24, 2.45) is 0 Å². The van der Waals surface area contributed by atoms with Crippen LogP contribution in [0.5, 0.6) is 5.75 Å². The average Bonchev–Trinajstić information content (AvgIpc) is 2.92. The maximum absolute atomic E-state index is 13.3. The third-order valence-electron chi connectivity index (χ3n) is 3.88. The van der Waals surface area contributed by atoms with Crippen molar-refractivity contribution >= 4 is 40.3 Å². The van der Waals surface area contributed by atoms with Gasteiger partial charge in [-0.2, -0.15) is 0 Å². The Morgan fingerprint density at radius 2 is 2.04 bits per heavy atom. The standard InChI is InChI=1S/C20H18FNO3S2/c1-24-10-9-22-19(23)18(27-20(22)26)12-15-6-2-3-8-17(15)25-13-14-5-4-7-16(21)11-14/h2-8,11-12H,9-10,13H2,1H3. The highest BCUT2D eigenvalue weighted by Crippen LogP contribution is 2.34. The van der Waals surface area contributed by atoms with Gasteiger partial charge in [0.1, 0.15) is 22.5 Å². The van der Waals surface area contributed by atoms with E-state index in [1.165, 1.54) is 28.8 Å². The highest BCUT2D eigenvalue weighted by molar-refractivity contribution is 8.26. The SMILES string of the molecule is COCCN1C(=O)C(=Cc2ccccc2OCc2cccc(F)c2)SC1=S. The molecule has 1 fully saturated rings. The van der Waals surface area contributed by atoms with Gasteiger partial charge in [0.2, 0.25) is 0 Å². The molecule has 0 unspecified atom stereocenters. The third-order valence-corrected chi connectivity index (χ3v) is 5.26. The number of thiocarbonyl (C=S) groups is 1. The number of rotatable bonds is 7. The van der Waals surface area contributed by atoms with Crippen LogP contribution in [-0.2, 0) is 16.1 Å². The summed E-state index contributed by atoms with van der Waals surface area (Å²) >= 11 is 6.55. The normalized spacial score (nSPS) is 15.6. The molecule has 1 heterocycles. The van der Waals surface area contributed by atoms with Gasteiger partial charge < -0.3 is 9.47 Å². The lowest BCUT2D eigenvalue weighted by atomic mass is 10.1. The molecule has 4 nitrogen and oxygen atoms in total. The molecule has 0 N–H and O–H groups in total. The van der Waals surface area contributed by atoms with Crippen LogP contribution in [0.25, 0.3) is 6.08 Å². The van der Waals surface area contributed by atoms with Crippen molar-refractivity contribution in [1.82, 2.24) is 4.90 Å². The van der Waals surface area contributed by atoms with Crippen molar-refractivity contribution in [3.8, 4) is 5.75 Å². The van der Waals surface area contributed by atoms with E-state index in [4.69, 9.17) is 21.7 Å². The maximum Gasteiger partial charge on any atom is 0.266 e. The Morgan fingerprint density at radius 1 is 1.22 bits per heavy atom. The molecule has 7 heteroatoms. The summed E-state index contributed by atoms with van der Waals surface area (Å²) in [6.45, 7) is 1.08. The Kier molecular flexibility index (Phi) is 6.60. The van der Waals surface area contributed by atoms with Gasteiger partial charge >= 0.3 is 0 Å². The topological polar surface area (TPSA) is 38.8 Å². The summed E-state index contributed by atoms with van der Waals surface area (Å²) in [6.07, 6.45) is 1.77. The molecule has 0 radical (unpaired) electrons. The van der Waals surface area contributed by atoms with Crippen molar-refractivity contribution in [3.05, 3.63) is 70.4 Å². The van der Waals surface area contributed by atoms with Gasteiger partial charge in [-0.15, -0.1) is 0 Å². The molecule has 140 valence electrons. The Bertz CT molecular complexity index is 885. The van der Waals surface area contributed by atoms with Crippen molar-refractivity contribution in [3.63, 3.8) is 0 Å². The minimum Gasteiger partial charge on any atom is -0.488 e. The third kappa shape index (κ3) is 4.94. The van der Waals surface area contributed by atoms with Crippen molar-refractivity contribution in [1.29, 1.82) is 0 Å². The molecule has 2 aromatic carbocycles. The molecule has 0 atom stereocenters. The number of nitrogens with zero attached hydrogens (tertiary/aromatic N) is 1. The van der Waals surface area contributed by atoms with E-state index in [9.17, 15) is 9.18 Å². The van der Waals surface area contributed by atoms with E-state index in [1.807, 2.05) is 24.3 Å². The van der Waals surface area contributed by atoms with Crippen LogP contribution in [-0.4, -0.2) is 35.4 Å². The quantitative estimate of drug-likeness (QED) is 0.510. The number of ether oxygens (including phenoxy) is 2. The van der Waals surface area contributed by atoms with E-state index >= 15 is 0 Å². The second-order valence-electron chi connectivity index (χ2n) is 5.78. The Morgan fingerprint density at radius 3 is 2.81 bits per heavy atom. The van der Waals surface area contributed by atoms with Gasteiger partial charge in [-0.25, -0.2) is 4.39 Å². The minimum absolute atomic E-state index is 0.137. The molecule has 0 bridgehead atoms. The largest absolute Gasteiger partial charge is 0.488 e. The van der Waals surface area contributed by atoms with Crippen LogP contribution in [0.15, 0.2) is 53.4 Å². The predicted octanol–water partition coefficient (Wildman–Crippen LogP) is 4.25. The van der Waals surface area contributed by atoms with Crippen LogP contribution >= 0.6 is 24.0 Å². The fourth-order valence-corrected chi connectivity index (χ4v) is 3.84. The Balaban J connectivity index is 1.77. The second kappa shape index (κ2) is 9.12. The summed E-state index contributed by atoms with van der Waals surface area (Å²) in [5.74, 6) is 0.176. The molecule has 1 amide bonds. The van der Waals surface area contributed by atoms with Gasteiger partial charge in [0.05, 0.1) is 18.1 Å². The minimum atomic E-state index is -0.302. The van der Waals surface area contributed by atoms with E-state index < -0.39 is 0 Å². The second-order valence-corrected chi connectivity index (χ2v) is 7.46. The summed E-state index contributed by atoms with van der Waals surface area (Å²) in [6, 6.07) is 13.7. The molecule has 1 aliphatic rings. The number of methoxy groups -OCH3 is 1. The zero-order valence-corrected chi connectivity index (χ0v) is 16.3. The first-order valence-electron chi connectivity index (χ1n) is 8.29. The van der Waals surface area contributed by atoms with Crippen LogP contribution in [0.3, 0.4) is 0 Å². The van der Waals surface area contributed by atoms with Crippen LogP contribution in [0, 0.1) is 5.82 Å². The van der Waals surface area contributed by atoms with Gasteiger partial charge in [-0.3, -0.25) is 9.69 Å². The van der Waals surface area contributed by atoms with Crippen LogP contribution in [0.1, 0.15) is 11.1 Å². The first kappa shape index (κ1) is 19.5.